The van der Waals surface area contributed by atoms with Crippen molar-refractivity contribution in [2.45, 2.75) is 58.3 Å². The number of carbonyl (C=O) groups excluding carboxylic acids is 1. The topological polar surface area (TPSA) is 26.3 Å². The molecule has 2 nitrogen and oxygen atoms in total. The molecule has 0 aromatic heterocycles. The van der Waals surface area contributed by atoms with Crippen LogP contribution in [0.2, 0.25) is 0 Å². The average molecular weight is 336 g/mol. The zero-order valence-corrected chi connectivity index (χ0v) is 15.7. The van der Waals surface area contributed by atoms with Crippen molar-refractivity contribution in [3.8, 4) is 5.75 Å². The molecule has 0 aliphatic heterocycles. The van der Waals surface area contributed by atoms with Gasteiger partial charge in [0.05, 0.1) is 5.92 Å². The van der Waals surface area contributed by atoms with Crippen LogP contribution in [-0.2, 0) is 4.79 Å². The monoisotopic (exact) mass is 336 g/mol. The predicted octanol–water partition coefficient (Wildman–Crippen LogP) is 6.03. The molecule has 3 rings (SSSR count). The van der Waals surface area contributed by atoms with Crippen LogP contribution in [0.15, 0.2) is 48.5 Å². The van der Waals surface area contributed by atoms with E-state index in [0.717, 1.165) is 29.7 Å². The molecule has 0 spiro atoms. The predicted molar refractivity (Wildman–Crippen MR) is 102 cm³/mol. The van der Waals surface area contributed by atoms with E-state index in [0.29, 0.717) is 17.8 Å². The highest BCUT2D eigenvalue weighted by Gasteiger charge is 2.39. The Hall–Kier alpha value is -2.09. The van der Waals surface area contributed by atoms with Crippen LogP contribution in [0.25, 0.3) is 0 Å². The smallest absolute Gasteiger partial charge is 0.314 e. The fraction of sp³-hybridized carbons (Fsp3) is 0.435. The first-order valence-corrected chi connectivity index (χ1v) is 9.38. The molecule has 0 radical (unpaired) electrons. The second-order valence-electron chi connectivity index (χ2n) is 7.70. The van der Waals surface area contributed by atoms with Gasteiger partial charge in [-0.15, -0.1) is 0 Å². The van der Waals surface area contributed by atoms with Crippen LogP contribution in [-0.4, -0.2) is 5.97 Å². The maximum absolute atomic E-state index is 12.9. The lowest BCUT2D eigenvalue weighted by molar-refractivity contribution is -0.142. The van der Waals surface area contributed by atoms with E-state index in [2.05, 4.69) is 58.0 Å². The van der Waals surface area contributed by atoms with E-state index in [-0.39, 0.29) is 11.9 Å². The number of esters is 1. The van der Waals surface area contributed by atoms with Crippen molar-refractivity contribution >= 4 is 5.97 Å². The molecule has 0 unspecified atom stereocenters. The zero-order valence-electron chi connectivity index (χ0n) is 15.7. The normalized spacial score (nSPS) is 19.8. The van der Waals surface area contributed by atoms with Crippen molar-refractivity contribution in [1.82, 2.24) is 0 Å². The van der Waals surface area contributed by atoms with Gasteiger partial charge >= 0.3 is 5.97 Å². The molecule has 0 saturated heterocycles. The van der Waals surface area contributed by atoms with Crippen molar-refractivity contribution in [1.29, 1.82) is 0 Å². The molecule has 2 aromatic rings. The molecule has 0 heterocycles. The summed E-state index contributed by atoms with van der Waals surface area (Å²) in [6.45, 7) is 8.58. The minimum absolute atomic E-state index is 0.0253. The second kappa shape index (κ2) is 7.43. The molecule has 2 heteroatoms. The van der Waals surface area contributed by atoms with E-state index >= 15 is 0 Å². The Labute approximate surface area is 151 Å². The third-order valence-corrected chi connectivity index (χ3v) is 5.33. The molecule has 0 bridgehead atoms. The molecule has 2 aromatic carbocycles. The number of rotatable bonds is 5. The van der Waals surface area contributed by atoms with Crippen LogP contribution in [0.4, 0.5) is 0 Å². The van der Waals surface area contributed by atoms with Crippen LogP contribution < -0.4 is 4.74 Å². The number of hydrogen-bond acceptors (Lipinski definition) is 2. The highest BCUT2D eigenvalue weighted by Crippen LogP contribution is 2.44. The summed E-state index contributed by atoms with van der Waals surface area (Å²) in [4.78, 5) is 12.9. The third kappa shape index (κ3) is 3.63. The summed E-state index contributed by atoms with van der Waals surface area (Å²) in [5, 5.41) is 0. The quantitative estimate of drug-likeness (QED) is 0.492. The van der Waals surface area contributed by atoms with E-state index < -0.39 is 0 Å². The number of ether oxygens (including phenoxy) is 1. The fourth-order valence-electron chi connectivity index (χ4n) is 3.66. The van der Waals surface area contributed by atoms with Crippen molar-refractivity contribution in [2.24, 2.45) is 5.92 Å². The molecule has 1 aliphatic rings. The zero-order chi connectivity index (χ0) is 18.0. The summed E-state index contributed by atoms with van der Waals surface area (Å²) in [5.74, 6) is 1.64. The van der Waals surface area contributed by atoms with Crippen LogP contribution in [0, 0.1) is 5.92 Å². The molecule has 132 valence electrons. The molecule has 1 aliphatic carbocycles. The van der Waals surface area contributed by atoms with E-state index in [9.17, 15) is 4.79 Å². The van der Waals surface area contributed by atoms with Crippen LogP contribution in [0.1, 0.15) is 75.0 Å². The standard InChI is InChI=1S/C23H28O2/c1-15(2)18-11-8-12-19(16(3)4)22(18)25-23(24)21-14-13-20(21)17-9-6-5-7-10-17/h5-12,15-16,20-21H,13-14H2,1-4H3/t20-,21+/m1/s1. The average Bonchev–Trinajstić information content (AvgIpc) is 2.54. The maximum atomic E-state index is 12.9. The summed E-state index contributed by atoms with van der Waals surface area (Å²) in [6, 6.07) is 16.6. The van der Waals surface area contributed by atoms with Gasteiger partial charge in [0.1, 0.15) is 5.75 Å². The van der Waals surface area contributed by atoms with E-state index in [1.54, 1.807) is 0 Å². The van der Waals surface area contributed by atoms with Crippen molar-refractivity contribution in [3.63, 3.8) is 0 Å². The summed E-state index contributed by atoms with van der Waals surface area (Å²) >= 11 is 0. The van der Waals surface area contributed by atoms with Gasteiger partial charge in [-0.05, 0) is 47.3 Å². The largest absolute Gasteiger partial charge is 0.426 e. The molecular formula is C23H28O2. The van der Waals surface area contributed by atoms with Crippen LogP contribution >= 0.6 is 0 Å². The number of hydrogen-bond donors (Lipinski definition) is 0. The Morgan fingerprint density at radius 2 is 1.48 bits per heavy atom. The first kappa shape index (κ1) is 17.7. The Bertz CT molecular complexity index is 705. The minimum Gasteiger partial charge on any atom is -0.426 e. The Morgan fingerprint density at radius 1 is 0.880 bits per heavy atom. The van der Waals surface area contributed by atoms with E-state index in [1.807, 2.05) is 18.2 Å². The molecule has 1 saturated carbocycles. The number of benzene rings is 2. The summed E-state index contributed by atoms with van der Waals surface area (Å²) in [6.07, 6.45) is 1.98. The number of carbonyl (C=O) groups is 1. The lowest BCUT2D eigenvalue weighted by atomic mass is 9.70. The Morgan fingerprint density at radius 3 is 1.96 bits per heavy atom. The third-order valence-electron chi connectivity index (χ3n) is 5.33. The first-order valence-electron chi connectivity index (χ1n) is 9.38. The van der Waals surface area contributed by atoms with Crippen molar-refractivity contribution in [2.75, 3.05) is 0 Å². The molecule has 0 amide bonds. The number of para-hydroxylation sites is 1. The van der Waals surface area contributed by atoms with Gasteiger partial charge in [0.15, 0.2) is 0 Å². The lowest BCUT2D eigenvalue weighted by Crippen LogP contribution is -2.34. The van der Waals surface area contributed by atoms with E-state index in [1.165, 1.54) is 5.56 Å². The minimum atomic E-state index is -0.0740. The van der Waals surface area contributed by atoms with Crippen molar-refractivity contribution < 1.29 is 9.53 Å². The summed E-state index contributed by atoms with van der Waals surface area (Å²) in [7, 11) is 0. The maximum Gasteiger partial charge on any atom is 0.314 e. The van der Waals surface area contributed by atoms with Gasteiger partial charge in [-0.2, -0.15) is 0 Å². The Kier molecular flexibility index (Phi) is 5.27. The molecule has 2 atom stereocenters. The van der Waals surface area contributed by atoms with Crippen molar-refractivity contribution in [3.05, 3.63) is 65.2 Å². The molecule has 1 fully saturated rings. The summed E-state index contributed by atoms with van der Waals surface area (Å²) in [5.41, 5.74) is 3.49. The lowest BCUT2D eigenvalue weighted by Gasteiger charge is -2.35. The second-order valence-corrected chi connectivity index (χ2v) is 7.70. The highest BCUT2D eigenvalue weighted by atomic mass is 16.5. The van der Waals surface area contributed by atoms with Gasteiger partial charge in [0, 0.05) is 0 Å². The van der Waals surface area contributed by atoms with Gasteiger partial charge in [-0.3, -0.25) is 4.79 Å². The van der Waals surface area contributed by atoms with Gasteiger partial charge in [0.2, 0.25) is 0 Å². The summed E-state index contributed by atoms with van der Waals surface area (Å²) < 4.78 is 6.02. The highest BCUT2D eigenvalue weighted by molar-refractivity contribution is 5.78. The van der Waals surface area contributed by atoms with E-state index in [4.69, 9.17) is 4.74 Å². The van der Waals surface area contributed by atoms with Crippen LogP contribution in [0.3, 0.4) is 0 Å². The van der Waals surface area contributed by atoms with Gasteiger partial charge in [-0.25, -0.2) is 0 Å². The van der Waals surface area contributed by atoms with Gasteiger partial charge < -0.3 is 4.74 Å². The van der Waals surface area contributed by atoms with Gasteiger partial charge in [0.25, 0.3) is 0 Å². The molecule has 25 heavy (non-hydrogen) atoms. The fourth-order valence-corrected chi connectivity index (χ4v) is 3.66. The molecule has 0 N–H and O–H groups in total. The van der Waals surface area contributed by atoms with Crippen LogP contribution in [0.5, 0.6) is 5.75 Å². The molecular weight excluding hydrogens is 308 g/mol. The first-order chi connectivity index (χ1) is 12.0. The Balaban J connectivity index is 1.84. The van der Waals surface area contributed by atoms with Gasteiger partial charge in [-0.1, -0.05) is 76.2 Å². The SMILES string of the molecule is CC(C)c1cccc(C(C)C)c1OC(=O)[C@H]1CC[C@@H]1c1ccccc1.